The fourth-order valence-electron chi connectivity index (χ4n) is 2.69. The molecular formula is C16H18NO2P. The van der Waals surface area contributed by atoms with Gasteiger partial charge in [0.05, 0.1) is 5.30 Å². The highest BCUT2D eigenvalue weighted by Crippen LogP contribution is 2.52. The first kappa shape index (κ1) is 13.3. The van der Waals surface area contributed by atoms with Gasteiger partial charge in [-0.15, -0.1) is 0 Å². The highest BCUT2D eigenvalue weighted by atomic mass is 31.2. The van der Waals surface area contributed by atoms with E-state index in [0.717, 1.165) is 27.9 Å². The number of rotatable bonds is 1. The molecule has 2 aromatic rings. The van der Waals surface area contributed by atoms with Crippen molar-refractivity contribution in [2.75, 3.05) is 18.1 Å². The van der Waals surface area contributed by atoms with Gasteiger partial charge in [0.25, 0.3) is 0 Å². The maximum atomic E-state index is 13.3. The number of hydrogen-bond donors (Lipinski definition) is 0. The fraction of sp³-hybridized carbons (Fsp3) is 0.250. The highest BCUT2D eigenvalue weighted by molar-refractivity contribution is 7.72. The summed E-state index contributed by atoms with van der Waals surface area (Å²) in [6.07, 6.45) is 0. The monoisotopic (exact) mass is 287 g/mol. The van der Waals surface area contributed by atoms with Gasteiger partial charge in [-0.3, -0.25) is 9.24 Å². The van der Waals surface area contributed by atoms with E-state index in [4.69, 9.17) is 4.74 Å². The number of fused-ring (bicyclic) bond motifs is 1. The van der Waals surface area contributed by atoms with Crippen LogP contribution >= 0.6 is 7.29 Å². The molecule has 104 valence electrons. The van der Waals surface area contributed by atoms with Crippen molar-refractivity contribution in [3.05, 3.63) is 53.6 Å². The van der Waals surface area contributed by atoms with Crippen LogP contribution in [0.1, 0.15) is 11.1 Å². The molecule has 3 nitrogen and oxygen atoms in total. The van der Waals surface area contributed by atoms with Crippen LogP contribution in [-0.4, -0.2) is 13.4 Å². The van der Waals surface area contributed by atoms with Gasteiger partial charge in [0, 0.05) is 12.4 Å². The predicted molar refractivity (Wildman–Crippen MR) is 83.5 cm³/mol. The van der Waals surface area contributed by atoms with Crippen molar-refractivity contribution in [2.45, 2.75) is 13.8 Å². The second-order valence-electron chi connectivity index (χ2n) is 5.32. The molecule has 4 heteroatoms. The van der Waals surface area contributed by atoms with Gasteiger partial charge in [-0.1, -0.05) is 24.3 Å². The maximum Gasteiger partial charge on any atom is 0.204 e. The van der Waals surface area contributed by atoms with Gasteiger partial charge in [-0.2, -0.15) is 0 Å². The van der Waals surface area contributed by atoms with E-state index in [1.54, 1.807) is 0 Å². The molecule has 0 spiro atoms. The van der Waals surface area contributed by atoms with Gasteiger partial charge in [0.2, 0.25) is 7.29 Å². The van der Waals surface area contributed by atoms with Crippen LogP contribution in [-0.2, 0) is 4.57 Å². The zero-order chi connectivity index (χ0) is 14.3. The van der Waals surface area contributed by atoms with Crippen LogP contribution in [0, 0.1) is 13.8 Å². The molecule has 1 aliphatic rings. The third kappa shape index (κ3) is 2.03. The van der Waals surface area contributed by atoms with Crippen molar-refractivity contribution in [1.82, 2.24) is 0 Å². The Hall–Kier alpha value is -1.73. The van der Waals surface area contributed by atoms with Crippen LogP contribution in [0.3, 0.4) is 0 Å². The van der Waals surface area contributed by atoms with Crippen molar-refractivity contribution in [1.29, 1.82) is 0 Å². The molecule has 2 aromatic carbocycles. The minimum absolute atomic E-state index is 0.328. The summed E-state index contributed by atoms with van der Waals surface area (Å²) in [5.41, 5.74) is 3.10. The van der Waals surface area contributed by atoms with E-state index in [2.05, 4.69) is 6.07 Å². The summed E-state index contributed by atoms with van der Waals surface area (Å²) < 4.78 is 21.1. The van der Waals surface area contributed by atoms with Gasteiger partial charge >= 0.3 is 0 Å². The van der Waals surface area contributed by atoms with E-state index in [-0.39, 0.29) is 0 Å². The van der Waals surface area contributed by atoms with Crippen molar-refractivity contribution < 1.29 is 9.30 Å². The van der Waals surface area contributed by atoms with Crippen molar-refractivity contribution >= 4 is 18.3 Å². The summed E-state index contributed by atoms with van der Waals surface area (Å²) in [4.78, 5) is 0. The van der Waals surface area contributed by atoms with Crippen LogP contribution in [0.2, 0.25) is 0 Å². The van der Waals surface area contributed by atoms with E-state index < -0.39 is 7.29 Å². The Labute approximate surface area is 119 Å². The SMILES string of the molecule is Cc1cc(C)c2c(c1)P(C)(=O)N(c1ccccc1)CO2. The Morgan fingerprint density at radius 1 is 1.15 bits per heavy atom. The van der Waals surface area contributed by atoms with Crippen molar-refractivity contribution in [3.63, 3.8) is 0 Å². The number of aryl methyl sites for hydroxylation is 2. The van der Waals surface area contributed by atoms with Crippen LogP contribution < -0.4 is 14.7 Å². The van der Waals surface area contributed by atoms with Gasteiger partial charge in [-0.05, 0) is 43.2 Å². The molecule has 0 fully saturated rings. The molecule has 1 heterocycles. The summed E-state index contributed by atoms with van der Waals surface area (Å²) in [5, 5.41) is 0.824. The highest BCUT2D eigenvalue weighted by Gasteiger charge is 2.36. The van der Waals surface area contributed by atoms with E-state index in [1.165, 1.54) is 0 Å². The van der Waals surface area contributed by atoms with E-state index in [9.17, 15) is 4.57 Å². The Balaban J connectivity index is 2.15. The topological polar surface area (TPSA) is 29.5 Å². The zero-order valence-electron chi connectivity index (χ0n) is 12.0. The summed E-state index contributed by atoms with van der Waals surface area (Å²) in [6, 6.07) is 13.8. The third-order valence-electron chi connectivity index (χ3n) is 3.69. The van der Waals surface area contributed by atoms with Crippen LogP contribution in [0.15, 0.2) is 42.5 Å². The lowest BCUT2D eigenvalue weighted by atomic mass is 10.1. The Morgan fingerprint density at radius 2 is 1.85 bits per heavy atom. The second kappa shape index (κ2) is 4.68. The number of nitrogens with zero attached hydrogens (tertiary/aromatic N) is 1. The number of anilines is 1. The second-order valence-corrected chi connectivity index (χ2v) is 8.04. The van der Waals surface area contributed by atoms with Crippen LogP contribution in [0.25, 0.3) is 0 Å². The van der Waals surface area contributed by atoms with E-state index in [0.29, 0.717) is 6.73 Å². The number of ether oxygens (including phenoxy) is 1. The molecule has 20 heavy (non-hydrogen) atoms. The Bertz CT molecular complexity index is 697. The van der Waals surface area contributed by atoms with E-state index in [1.807, 2.05) is 61.6 Å². The minimum Gasteiger partial charge on any atom is -0.472 e. The molecule has 0 N–H and O–H groups in total. The first-order valence-electron chi connectivity index (χ1n) is 6.65. The maximum absolute atomic E-state index is 13.3. The Kier molecular flexibility index (Phi) is 3.10. The first-order valence-corrected chi connectivity index (χ1v) is 8.76. The standard InChI is InChI=1S/C16H18NO2P/c1-12-9-13(2)16-15(10-12)20(3,18)17(11-19-16)14-7-5-4-6-8-14/h4-10H,11H2,1-3H3. The van der Waals surface area contributed by atoms with Crippen LogP contribution in [0.4, 0.5) is 5.69 Å². The summed E-state index contributed by atoms with van der Waals surface area (Å²) in [5.74, 6) is 0.786. The fourth-order valence-corrected chi connectivity index (χ4v) is 4.86. The molecule has 0 bridgehead atoms. The number of hydrogen-bond acceptors (Lipinski definition) is 2. The molecule has 1 atom stereocenters. The molecule has 0 saturated carbocycles. The average Bonchev–Trinajstić information content (AvgIpc) is 2.40. The summed E-state index contributed by atoms with van der Waals surface area (Å²) in [7, 11) is -2.65. The van der Waals surface area contributed by atoms with E-state index >= 15 is 0 Å². The molecular weight excluding hydrogens is 269 g/mol. The normalized spacial score (nSPS) is 21.2. The molecule has 0 radical (unpaired) electrons. The van der Waals surface area contributed by atoms with Gasteiger partial charge in [0.1, 0.15) is 5.75 Å². The van der Waals surface area contributed by atoms with Crippen molar-refractivity contribution in [2.24, 2.45) is 0 Å². The van der Waals surface area contributed by atoms with Crippen molar-refractivity contribution in [3.8, 4) is 5.75 Å². The molecule has 1 unspecified atom stereocenters. The van der Waals surface area contributed by atoms with Gasteiger partial charge in [-0.25, -0.2) is 0 Å². The van der Waals surface area contributed by atoms with Gasteiger partial charge in [0.15, 0.2) is 6.73 Å². The average molecular weight is 287 g/mol. The molecule has 0 saturated heterocycles. The van der Waals surface area contributed by atoms with Gasteiger partial charge < -0.3 is 4.74 Å². The largest absolute Gasteiger partial charge is 0.472 e. The first-order chi connectivity index (χ1) is 9.50. The molecule has 3 rings (SSSR count). The molecule has 1 aliphatic heterocycles. The smallest absolute Gasteiger partial charge is 0.204 e. The lowest BCUT2D eigenvalue weighted by molar-refractivity contribution is 0.325. The lowest BCUT2D eigenvalue weighted by Crippen LogP contribution is -2.36. The molecule has 0 aromatic heterocycles. The lowest BCUT2D eigenvalue weighted by Gasteiger charge is -2.37. The van der Waals surface area contributed by atoms with Crippen LogP contribution in [0.5, 0.6) is 5.75 Å². The number of benzene rings is 2. The molecule has 0 amide bonds. The molecule has 0 aliphatic carbocycles. The quantitative estimate of drug-likeness (QED) is 0.749. The Morgan fingerprint density at radius 3 is 2.55 bits per heavy atom. The third-order valence-corrected chi connectivity index (χ3v) is 6.19. The summed E-state index contributed by atoms with van der Waals surface area (Å²) >= 11 is 0. The minimum atomic E-state index is -2.65. The summed E-state index contributed by atoms with van der Waals surface area (Å²) in [6.45, 7) is 6.17. The number of para-hydroxylation sites is 1. The predicted octanol–water partition coefficient (Wildman–Crippen LogP) is 3.69. The zero-order valence-corrected chi connectivity index (χ0v) is 12.9.